The molecule has 1 aliphatic heterocycles. The van der Waals surface area contributed by atoms with Gasteiger partial charge in [0.25, 0.3) is 0 Å². The van der Waals surface area contributed by atoms with Crippen LogP contribution in [0.25, 0.3) is 0 Å². The lowest BCUT2D eigenvalue weighted by Crippen LogP contribution is -2.45. The maximum absolute atomic E-state index is 13.2. The van der Waals surface area contributed by atoms with Crippen LogP contribution in [0.3, 0.4) is 0 Å². The Morgan fingerprint density at radius 2 is 1.74 bits per heavy atom. The van der Waals surface area contributed by atoms with Gasteiger partial charge >= 0.3 is 5.97 Å². The lowest BCUT2D eigenvalue weighted by atomic mass is 9.86. The molecule has 0 aromatic heterocycles. The Kier molecular flexibility index (Phi) is 5.34. The first-order chi connectivity index (χ1) is 12.8. The van der Waals surface area contributed by atoms with Crippen molar-refractivity contribution in [2.75, 3.05) is 0 Å². The van der Waals surface area contributed by atoms with Gasteiger partial charge in [0.1, 0.15) is 5.60 Å². The molecule has 0 N–H and O–H groups in total. The number of nitrogens with zero attached hydrogens (tertiary/aromatic N) is 1. The summed E-state index contributed by atoms with van der Waals surface area (Å²) in [6.07, 6.45) is 0.240. The smallest absolute Gasteiger partial charge is 0.339 e. The zero-order valence-corrected chi connectivity index (χ0v) is 16.0. The van der Waals surface area contributed by atoms with Gasteiger partial charge in [0.15, 0.2) is 5.60 Å². The molecule has 2 aromatic carbocycles. The van der Waals surface area contributed by atoms with Crippen molar-refractivity contribution in [2.24, 2.45) is 5.92 Å². The summed E-state index contributed by atoms with van der Waals surface area (Å²) in [5.41, 5.74) is 0.0865. The fourth-order valence-electron chi connectivity index (χ4n) is 3.51. The van der Waals surface area contributed by atoms with Crippen LogP contribution in [0.4, 0.5) is 0 Å². The lowest BCUT2D eigenvalue weighted by molar-refractivity contribution is -0.182. The molecule has 0 aliphatic carbocycles. The molecular weight excluding hydrogens is 338 g/mol. The van der Waals surface area contributed by atoms with Crippen molar-refractivity contribution < 1.29 is 14.3 Å². The molecular formula is C23H25NO3. The maximum atomic E-state index is 13.2. The average molecular weight is 363 g/mol. The van der Waals surface area contributed by atoms with Crippen LogP contribution in [0.1, 0.15) is 44.4 Å². The van der Waals surface area contributed by atoms with Gasteiger partial charge in [-0.1, -0.05) is 60.7 Å². The van der Waals surface area contributed by atoms with Gasteiger partial charge in [0.2, 0.25) is 0 Å². The van der Waals surface area contributed by atoms with Crippen LogP contribution in [-0.4, -0.2) is 17.2 Å². The Labute approximate surface area is 160 Å². The van der Waals surface area contributed by atoms with Crippen molar-refractivity contribution in [3.8, 4) is 6.07 Å². The fourth-order valence-corrected chi connectivity index (χ4v) is 3.51. The van der Waals surface area contributed by atoms with E-state index in [2.05, 4.69) is 6.07 Å². The summed E-state index contributed by atoms with van der Waals surface area (Å²) in [4.78, 5) is 13.2. The highest BCUT2D eigenvalue weighted by atomic mass is 16.6. The van der Waals surface area contributed by atoms with Gasteiger partial charge in [-0.25, -0.2) is 4.79 Å². The molecule has 1 heterocycles. The van der Waals surface area contributed by atoms with Crippen molar-refractivity contribution in [2.45, 2.75) is 50.9 Å². The van der Waals surface area contributed by atoms with E-state index in [1.807, 2.05) is 81.4 Å². The minimum absolute atomic E-state index is 0.312. The number of rotatable bonds is 4. The van der Waals surface area contributed by atoms with Crippen LogP contribution >= 0.6 is 0 Å². The van der Waals surface area contributed by atoms with Crippen LogP contribution in [0.15, 0.2) is 60.7 Å². The third kappa shape index (κ3) is 4.37. The molecule has 1 aliphatic rings. The van der Waals surface area contributed by atoms with Gasteiger partial charge in [-0.15, -0.1) is 0 Å². The first kappa shape index (κ1) is 19.1. The Hall–Kier alpha value is -2.64. The number of benzene rings is 2. The SMILES string of the molecule is CC(C)(C)OC(=O)[C@@]1(Cc2ccccc2)C[C@@H](C#N)[C@@H](c2ccccc2)O1. The summed E-state index contributed by atoms with van der Waals surface area (Å²) in [6, 6.07) is 21.7. The van der Waals surface area contributed by atoms with Gasteiger partial charge in [-0.3, -0.25) is 0 Å². The monoisotopic (exact) mass is 363 g/mol. The van der Waals surface area contributed by atoms with Crippen molar-refractivity contribution in [3.63, 3.8) is 0 Å². The number of hydrogen-bond donors (Lipinski definition) is 0. The average Bonchev–Trinajstić information content (AvgIpc) is 3.02. The van der Waals surface area contributed by atoms with E-state index in [0.717, 1.165) is 11.1 Å². The standard InChI is InChI=1S/C23H25NO3/c1-22(2,3)27-21(25)23(14-17-10-6-4-7-11-17)15-19(16-24)20(26-23)18-12-8-5-9-13-18/h4-13,19-20H,14-15H2,1-3H3/t19-,20+,23+/m0/s1. The van der Waals surface area contributed by atoms with E-state index in [-0.39, 0.29) is 0 Å². The van der Waals surface area contributed by atoms with Crippen molar-refractivity contribution in [3.05, 3.63) is 71.8 Å². The number of esters is 1. The van der Waals surface area contributed by atoms with Gasteiger partial charge in [0, 0.05) is 12.8 Å². The second-order valence-electron chi connectivity index (χ2n) is 8.05. The summed E-state index contributed by atoms with van der Waals surface area (Å²) < 4.78 is 12.1. The fraction of sp³-hybridized carbons (Fsp3) is 0.391. The predicted molar refractivity (Wildman–Crippen MR) is 103 cm³/mol. The molecule has 1 fully saturated rings. The van der Waals surface area contributed by atoms with Crippen molar-refractivity contribution >= 4 is 5.97 Å². The molecule has 0 spiro atoms. The van der Waals surface area contributed by atoms with E-state index in [1.165, 1.54) is 0 Å². The Morgan fingerprint density at radius 3 is 2.30 bits per heavy atom. The number of nitriles is 1. The highest BCUT2D eigenvalue weighted by Gasteiger charge is 2.54. The van der Waals surface area contributed by atoms with E-state index < -0.39 is 29.2 Å². The maximum Gasteiger partial charge on any atom is 0.339 e. The summed E-state index contributed by atoms with van der Waals surface area (Å²) >= 11 is 0. The molecule has 0 saturated carbocycles. The number of hydrogen-bond acceptors (Lipinski definition) is 4. The molecule has 27 heavy (non-hydrogen) atoms. The third-order valence-corrected chi connectivity index (χ3v) is 4.66. The van der Waals surface area contributed by atoms with Gasteiger partial charge in [0.05, 0.1) is 18.1 Å². The van der Waals surface area contributed by atoms with Gasteiger partial charge < -0.3 is 9.47 Å². The molecule has 140 valence electrons. The van der Waals surface area contributed by atoms with Crippen molar-refractivity contribution in [1.29, 1.82) is 5.26 Å². The van der Waals surface area contributed by atoms with E-state index in [0.29, 0.717) is 12.8 Å². The zero-order valence-electron chi connectivity index (χ0n) is 16.0. The minimum Gasteiger partial charge on any atom is -0.458 e. The second kappa shape index (κ2) is 7.54. The van der Waals surface area contributed by atoms with E-state index >= 15 is 0 Å². The molecule has 3 rings (SSSR count). The molecule has 1 saturated heterocycles. The summed E-state index contributed by atoms with van der Waals surface area (Å²) in [7, 11) is 0. The first-order valence-corrected chi connectivity index (χ1v) is 9.23. The quantitative estimate of drug-likeness (QED) is 0.744. The van der Waals surface area contributed by atoms with Gasteiger partial charge in [-0.05, 0) is 31.9 Å². The molecule has 0 radical (unpaired) electrons. The third-order valence-electron chi connectivity index (χ3n) is 4.66. The minimum atomic E-state index is -1.17. The number of carbonyl (C=O) groups is 1. The molecule has 0 amide bonds. The van der Waals surface area contributed by atoms with E-state index in [1.54, 1.807) is 0 Å². The lowest BCUT2D eigenvalue weighted by Gasteiger charge is -2.31. The Morgan fingerprint density at radius 1 is 1.15 bits per heavy atom. The van der Waals surface area contributed by atoms with Crippen LogP contribution in [0.5, 0.6) is 0 Å². The summed E-state index contributed by atoms with van der Waals surface area (Å²) in [5, 5.41) is 9.73. The topological polar surface area (TPSA) is 59.3 Å². The summed E-state index contributed by atoms with van der Waals surface area (Å²) in [6.45, 7) is 5.52. The molecule has 4 heteroatoms. The van der Waals surface area contributed by atoms with Crippen LogP contribution in [-0.2, 0) is 20.7 Å². The van der Waals surface area contributed by atoms with Gasteiger partial charge in [-0.2, -0.15) is 5.26 Å². The molecule has 2 aromatic rings. The summed E-state index contributed by atoms with van der Waals surface area (Å²) in [5.74, 6) is -0.818. The van der Waals surface area contributed by atoms with E-state index in [9.17, 15) is 10.1 Å². The highest BCUT2D eigenvalue weighted by Crippen LogP contribution is 2.46. The predicted octanol–water partition coefficient (Wildman–Crippen LogP) is 4.61. The Balaban J connectivity index is 1.97. The van der Waals surface area contributed by atoms with Crippen LogP contribution < -0.4 is 0 Å². The zero-order chi connectivity index (χ0) is 19.5. The highest BCUT2D eigenvalue weighted by molar-refractivity contribution is 5.81. The Bertz CT molecular complexity index is 820. The number of ether oxygens (including phenoxy) is 2. The first-order valence-electron chi connectivity index (χ1n) is 9.23. The molecule has 4 nitrogen and oxygen atoms in total. The molecule has 0 bridgehead atoms. The van der Waals surface area contributed by atoms with Crippen LogP contribution in [0.2, 0.25) is 0 Å². The van der Waals surface area contributed by atoms with Crippen LogP contribution in [0, 0.1) is 17.2 Å². The normalized spacial score (nSPS) is 25.0. The van der Waals surface area contributed by atoms with E-state index in [4.69, 9.17) is 9.47 Å². The second-order valence-corrected chi connectivity index (χ2v) is 8.05. The van der Waals surface area contributed by atoms with Crippen molar-refractivity contribution in [1.82, 2.24) is 0 Å². The largest absolute Gasteiger partial charge is 0.458 e. The number of carbonyl (C=O) groups excluding carboxylic acids is 1. The molecule has 3 atom stereocenters. The molecule has 0 unspecified atom stereocenters.